The van der Waals surface area contributed by atoms with Crippen molar-refractivity contribution in [2.75, 3.05) is 24.7 Å². The summed E-state index contributed by atoms with van der Waals surface area (Å²) in [6.45, 7) is 9.55. The molecule has 7 nitrogen and oxygen atoms in total. The van der Waals surface area contributed by atoms with Gasteiger partial charge in [-0.25, -0.2) is 0 Å². The van der Waals surface area contributed by atoms with Crippen molar-refractivity contribution < 1.29 is 24.2 Å². The highest BCUT2D eigenvalue weighted by Crippen LogP contribution is 2.69. The van der Waals surface area contributed by atoms with Gasteiger partial charge in [0.1, 0.15) is 6.04 Å². The Labute approximate surface area is 209 Å². The van der Waals surface area contributed by atoms with Crippen LogP contribution >= 0.6 is 23.4 Å². The van der Waals surface area contributed by atoms with Crippen LogP contribution in [0.25, 0.3) is 0 Å². The summed E-state index contributed by atoms with van der Waals surface area (Å²) < 4.78 is 4.59. The van der Waals surface area contributed by atoms with Crippen molar-refractivity contribution in [3.63, 3.8) is 0 Å². The lowest BCUT2D eigenvalue weighted by Crippen LogP contribution is -2.59. The Morgan fingerprint density at radius 2 is 2.09 bits per heavy atom. The van der Waals surface area contributed by atoms with Gasteiger partial charge in [0.05, 0.1) is 35.8 Å². The quantitative estimate of drug-likeness (QED) is 0.430. The Hall–Kier alpha value is -2.03. The molecule has 0 aliphatic carbocycles. The molecule has 9 heteroatoms. The third-order valence-electron chi connectivity index (χ3n) is 7.43. The average molecular weight is 507 g/mol. The fraction of sp³-hybridized carbons (Fsp3) is 0.560. The summed E-state index contributed by atoms with van der Waals surface area (Å²) in [5.41, 5.74) is 0.644. The van der Waals surface area contributed by atoms with Gasteiger partial charge in [-0.05, 0) is 50.5 Å². The van der Waals surface area contributed by atoms with Crippen LogP contribution in [0.2, 0.25) is 5.02 Å². The minimum absolute atomic E-state index is 0.0303. The van der Waals surface area contributed by atoms with Crippen LogP contribution in [0.3, 0.4) is 0 Å². The van der Waals surface area contributed by atoms with E-state index in [2.05, 4.69) is 13.5 Å². The number of thioether (sulfide) groups is 1. The fourth-order valence-corrected chi connectivity index (χ4v) is 8.54. The van der Waals surface area contributed by atoms with Crippen LogP contribution in [0.1, 0.15) is 27.2 Å². The molecule has 3 unspecified atom stereocenters. The number of esters is 1. The lowest BCUT2D eigenvalue weighted by molar-refractivity contribution is -0.154. The third kappa shape index (κ3) is 3.65. The number of fused-ring (bicyclic) bond motifs is 1. The third-order valence-corrected chi connectivity index (χ3v) is 9.76. The van der Waals surface area contributed by atoms with Crippen LogP contribution in [0.5, 0.6) is 0 Å². The number of rotatable bonds is 8. The predicted octanol–water partition coefficient (Wildman–Crippen LogP) is 3.14. The molecule has 0 saturated carbocycles. The second kappa shape index (κ2) is 9.55. The van der Waals surface area contributed by atoms with Gasteiger partial charge < -0.3 is 19.6 Å². The molecule has 2 amide bonds. The summed E-state index contributed by atoms with van der Waals surface area (Å²) in [5.74, 6) is -2.11. The monoisotopic (exact) mass is 506 g/mol. The Morgan fingerprint density at radius 1 is 1.41 bits per heavy atom. The van der Waals surface area contributed by atoms with Gasteiger partial charge in [0.2, 0.25) is 5.91 Å². The van der Waals surface area contributed by atoms with Crippen molar-refractivity contribution in [1.29, 1.82) is 0 Å². The number of nitrogens with zero attached hydrogens (tertiary/aromatic N) is 2. The van der Waals surface area contributed by atoms with Crippen LogP contribution < -0.4 is 4.90 Å². The SMILES string of the molecule is C=CCN(C(=O)C1N([C@H](C)CO)C(=O)[C@@H]2[C@@H](C(=O)OCC)[C@H]3CC(C)C12S3)c1ccc(Cl)cc1. The maximum atomic E-state index is 14.3. The summed E-state index contributed by atoms with van der Waals surface area (Å²) in [6, 6.07) is 5.55. The number of benzene rings is 1. The van der Waals surface area contributed by atoms with Crippen molar-refractivity contribution in [1.82, 2.24) is 4.90 Å². The number of hydrogen-bond acceptors (Lipinski definition) is 6. The van der Waals surface area contributed by atoms with Crippen LogP contribution in [-0.4, -0.2) is 69.6 Å². The first-order valence-electron chi connectivity index (χ1n) is 11.7. The zero-order valence-corrected chi connectivity index (χ0v) is 21.2. The second-order valence-corrected chi connectivity index (χ2v) is 11.3. The van der Waals surface area contributed by atoms with E-state index in [1.54, 1.807) is 60.9 Å². The smallest absolute Gasteiger partial charge is 0.310 e. The van der Waals surface area contributed by atoms with Gasteiger partial charge in [0.25, 0.3) is 5.91 Å². The zero-order valence-electron chi connectivity index (χ0n) is 19.6. The molecule has 7 atom stereocenters. The summed E-state index contributed by atoms with van der Waals surface area (Å²) in [4.78, 5) is 44.3. The lowest BCUT2D eigenvalue weighted by atomic mass is 9.66. The molecule has 3 aliphatic heterocycles. The molecule has 3 saturated heterocycles. The topological polar surface area (TPSA) is 87.2 Å². The van der Waals surface area contributed by atoms with Crippen molar-refractivity contribution >= 4 is 46.8 Å². The first-order chi connectivity index (χ1) is 16.2. The number of carbonyl (C=O) groups is 3. The van der Waals surface area contributed by atoms with Gasteiger partial charge in [-0.15, -0.1) is 18.3 Å². The number of halogens is 1. The molecule has 1 N–H and O–H groups in total. The van der Waals surface area contributed by atoms with E-state index in [0.717, 1.165) is 6.42 Å². The molecule has 2 bridgehead atoms. The summed E-state index contributed by atoms with van der Waals surface area (Å²) in [7, 11) is 0. The summed E-state index contributed by atoms with van der Waals surface area (Å²) in [6.07, 6.45) is 2.37. The predicted molar refractivity (Wildman–Crippen MR) is 133 cm³/mol. The minimum atomic E-state index is -0.827. The van der Waals surface area contributed by atoms with Gasteiger partial charge in [-0.1, -0.05) is 24.6 Å². The largest absolute Gasteiger partial charge is 0.466 e. The number of ether oxygens (including phenoxy) is 1. The average Bonchev–Trinajstić information content (AvgIpc) is 3.41. The van der Waals surface area contributed by atoms with E-state index in [1.807, 2.05) is 0 Å². The lowest BCUT2D eigenvalue weighted by Gasteiger charge is -2.41. The molecule has 3 aliphatic rings. The molecule has 0 aromatic heterocycles. The number of carbonyl (C=O) groups excluding carboxylic acids is 3. The van der Waals surface area contributed by atoms with Gasteiger partial charge in [0, 0.05) is 22.5 Å². The van der Waals surface area contributed by atoms with Crippen LogP contribution in [-0.2, 0) is 19.1 Å². The summed E-state index contributed by atoms with van der Waals surface area (Å²) >= 11 is 7.65. The number of hydrogen-bond donors (Lipinski definition) is 1. The zero-order chi connectivity index (χ0) is 24.8. The van der Waals surface area contributed by atoms with E-state index in [0.29, 0.717) is 10.7 Å². The minimum Gasteiger partial charge on any atom is -0.466 e. The first-order valence-corrected chi connectivity index (χ1v) is 12.9. The van der Waals surface area contributed by atoms with Crippen molar-refractivity contribution in [3.05, 3.63) is 41.9 Å². The molecule has 0 radical (unpaired) electrons. The molecule has 4 rings (SSSR count). The molecule has 3 heterocycles. The van der Waals surface area contributed by atoms with E-state index in [1.165, 1.54) is 4.90 Å². The highest BCUT2D eigenvalue weighted by molar-refractivity contribution is 8.02. The number of aliphatic hydroxyl groups excluding tert-OH is 1. The fourth-order valence-electron chi connectivity index (χ4n) is 6.03. The molecular formula is C25H31ClN2O5S. The van der Waals surface area contributed by atoms with Crippen LogP contribution in [0.15, 0.2) is 36.9 Å². The van der Waals surface area contributed by atoms with Crippen molar-refractivity contribution in [2.24, 2.45) is 17.8 Å². The number of likely N-dealkylation sites (tertiary alicyclic amines) is 1. The molecule has 3 fully saturated rings. The van der Waals surface area contributed by atoms with Crippen molar-refractivity contribution in [3.8, 4) is 0 Å². The van der Waals surface area contributed by atoms with Gasteiger partial charge in [-0.3, -0.25) is 14.4 Å². The van der Waals surface area contributed by atoms with Gasteiger partial charge in [0.15, 0.2) is 0 Å². The second-order valence-electron chi connectivity index (χ2n) is 9.30. The van der Waals surface area contributed by atoms with Gasteiger partial charge >= 0.3 is 5.97 Å². The molecule has 1 aromatic carbocycles. The van der Waals surface area contributed by atoms with E-state index >= 15 is 0 Å². The maximum absolute atomic E-state index is 14.3. The number of amides is 2. The highest BCUT2D eigenvalue weighted by atomic mass is 35.5. The molecule has 1 aromatic rings. The Morgan fingerprint density at radius 3 is 2.68 bits per heavy atom. The van der Waals surface area contributed by atoms with E-state index < -0.39 is 28.7 Å². The summed E-state index contributed by atoms with van der Waals surface area (Å²) in [5, 5.41) is 10.5. The van der Waals surface area contributed by atoms with E-state index in [-0.39, 0.29) is 48.7 Å². The van der Waals surface area contributed by atoms with Crippen molar-refractivity contribution in [2.45, 2.75) is 49.3 Å². The van der Waals surface area contributed by atoms with Gasteiger partial charge in [-0.2, -0.15) is 0 Å². The Bertz CT molecular complexity index is 988. The molecular weight excluding hydrogens is 476 g/mol. The van der Waals surface area contributed by atoms with E-state index in [9.17, 15) is 19.5 Å². The molecule has 1 spiro atoms. The first kappa shape index (κ1) is 25.1. The Kier molecular flexibility index (Phi) is 7.04. The normalized spacial score (nSPS) is 32.4. The molecule has 184 valence electrons. The standard InChI is InChI=1S/C25H31ClN2O5S/c1-5-11-27(17-9-7-16(26)8-10-17)23(31)21-25-14(3)12-18(34-25)19(24(32)33-6-2)20(25)22(30)28(21)15(4)13-29/h5,7-10,14-15,18-21,29H,1,6,11-13H2,2-4H3/t14?,15-,18-,19+,20+,21?,25?/m1/s1. The Balaban J connectivity index is 1.82. The molecule has 34 heavy (non-hydrogen) atoms. The van der Waals surface area contributed by atoms with E-state index in [4.69, 9.17) is 16.3 Å². The number of anilines is 1. The maximum Gasteiger partial charge on any atom is 0.310 e. The van der Waals surface area contributed by atoms with Crippen LogP contribution in [0, 0.1) is 17.8 Å². The number of aliphatic hydroxyl groups is 1. The van der Waals surface area contributed by atoms with Crippen LogP contribution in [0.4, 0.5) is 5.69 Å². The highest BCUT2D eigenvalue weighted by Gasteiger charge is 2.77.